The van der Waals surface area contributed by atoms with E-state index in [1.165, 1.54) is 25.7 Å². The van der Waals surface area contributed by atoms with Crippen molar-refractivity contribution < 1.29 is 4.79 Å². The third-order valence-corrected chi connectivity index (χ3v) is 5.06. The zero-order valence-corrected chi connectivity index (χ0v) is 11.4. The molecule has 0 bridgehead atoms. The van der Waals surface area contributed by atoms with Crippen LogP contribution in [0, 0.1) is 11.8 Å². The highest BCUT2D eigenvalue weighted by Gasteiger charge is 2.44. The van der Waals surface area contributed by atoms with E-state index in [1.54, 1.807) is 0 Å². The lowest BCUT2D eigenvalue weighted by Gasteiger charge is -2.31. The van der Waals surface area contributed by atoms with Crippen molar-refractivity contribution in [2.45, 2.75) is 38.6 Å². The number of likely N-dealkylation sites (tertiary alicyclic amines) is 2. The molecule has 102 valence electrons. The lowest BCUT2D eigenvalue weighted by Crippen LogP contribution is -2.46. The van der Waals surface area contributed by atoms with E-state index in [4.69, 9.17) is 0 Å². The highest BCUT2D eigenvalue weighted by atomic mass is 16.2. The van der Waals surface area contributed by atoms with Gasteiger partial charge in [-0.25, -0.2) is 4.79 Å². The van der Waals surface area contributed by atoms with Gasteiger partial charge < -0.3 is 15.1 Å². The van der Waals surface area contributed by atoms with Gasteiger partial charge in [0.25, 0.3) is 0 Å². The summed E-state index contributed by atoms with van der Waals surface area (Å²) >= 11 is 0. The van der Waals surface area contributed by atoms with E-state index in [9.17, 15) is 4.79 Å². The van der Waals surface area contributed by atoms with E-state index in [0.717, 1.165) is 32.7 Å². The summed E-state index contributed by atoms with van der Waals surface area (Å²) in [5, 5.41) is 3.45. The summed E-state index contributed by atoms with van der Waals surface area (Å²) < 4.78 is 0. The second-order valence-corrected chi connectivity index (χ2v) is 6.16. The molecule has 3 atom stereocenters. The third kappa shape index (κ3) is 2.11. The van der Waals surface area contributed by atoms with E-state index in [0.29, 0.717) is 23.9 Å². The average molecular weight is 251 g/mol. The number of hydrogen-bond donors (Lipinski definition) is 1. The Bertz CT molecular complexity index is 312. The van der Waals surface area contributed by atoms with Crippen LogP contribution in [0.15, 0.2) is 0 Å². The summed E-state index contributed by atoms with van der Waals surface area (Å²) in [5.74, 6) is 1.37. The van der Waals surface area contributed by atoms with Gasteiger partial charge in [0, 0.05) is 38.8 Å². The first-order valence-electron chi connectivity index (χ1n) is 7.53. The SMILES string of the molecule is CC1C2CNCC2CN1C(=O)N1CCCCCC1. The Hall–Kier alpha value is -0.770. The topological polar surface area (TPSA) is 35.6 Å². The predicted molar refractivity (Wildman–Crippen MR) is 71.5 cm³/mol. The molecule has 0 aliphatic carbocycles. The lowest BCUT2D eigenvalue weighted by atomic mass is 9.95. The smallest absolute Gasteiger partial charge is 0.320 e. The predicted octanol–water partition coefficient (Wildman–Crippen LogP) is 1.52. The maximum absolute atomic E-state index is 12.6. The number of fused-ring (bicyclic) bond motifs is 1. The molecule has 3 fully saturated rings. The van der Waals surface area contributed by atoms with Crippen molar-refractivity contribution in [2.75, 3.05) is 32.7 Å². The fourth-order valence-electron chi connectivity index (χ4n) is 3.86. The molecule has 0 saturated carbocycles. The van der Waals surface area contributed by atoms with Crippen molar-refractivity contribution >= 4 is 6.03 Å². The van der Waals surface area contributed by atoms with Crippen molar-refractivity contribution in [3.05, 3.63) is 0 Å². The Morgan fingerprint density at radius 3 is 2.50 bits per heavy atom. The number of nitrogens with zero attached hydrogens (tertiary/aromatic N) is 2. The van der Waals surface area contributed by atoms with Crippen LogP contribution >= 0.6 is 0 Å². The number of hydrogen-bond acceptors (Lipinski definition) is 2. The lowest BCUT2D eigenvalue weighted by molar-refractivity contribution is 0.147. The quantitative estimate of drug-likeness (QED) is 0.708. The van der Waals surface area contributed by atoms with E-state index in [2.05, 4.69) is 22.0 Å². The van der Waals surface area contributed by atoms with Gasteiger partial charge in [0.2, 0.25) is 0 Å². The highest BCUT2D eigenvalue weighted by molar-refractivity contribution is 5.75. The minimum atomic E-state index is 0.304. The van der Waals surface area contributed by atoms with Crippen LogP contribution in [0.5, 0.6) is 0 Å². The molecule has 0 aromatic carbocycles. The van der Waals surface area contributed by atoms with Crippen LogP contribution in [-0.4, -0.2) is 54.6 Å². The zero-order valence-electron chi connectivity index (χ0n) is 11.4. The first-order valence-corrected chi connectivity index (χ1v) is 7.53. The molecule has 18 heavy (non-hydrogen) atoms. The molecule has 3 saturated heterocycles. The summed E-state index contributed by atoms with van der Waals surface area (Å²) in [5.41, 5.74) is 0. The molecule has 1 N–H and O–H groups in total. The molecule has 4 heteroatoms. The van der Waals surface area contributed by atoms with Gasteiger partial charge in [-0.15, -0.1) is 0 Å². The maximum atomic E-state index is 12.6. The molecule has 3 aliphatic rings. The molecular formula is C14H25N3O. The van der Waals surface area contributed by atoms with Crippen LogP contribution in [0.2, 0.25) is 0 Å². The van der Waals surface area contributed by atoms with Crippen molar-refractivity contribution in [3.8, 4) is 0 Å². The molecule has 2 amide bonds. The van der Waals surface area contributed by atoms with Gasteiger partial charge in [-0.3, -0.25) is 0 Å². The van der Waals surface area contributed by atoms with E-state index in [-0.39, 0.29) is 0 Å². The molecule has 3 rings (SSSR count). The average Bonchev–Trinajstić information content (AvgIpc) is 2.82. The monoisotopic (exact) mass is 251 g/mol. The molecule has 3 heterocycles. The Kier molecular flexibility index (Phi) is 3.46. The van der Waals surface area contributed by atoms with Crippen molar-refractivity contribution in [3.63, 3.8) is 0 Å². The van der Waals surface area contributed by atoms with Crippen molar-refractivity contribution in [2.24, 2.45) is 11.8 Å². The Balaban J connectivity index is 1.65. The number of carbonyl (C=O) groups is 1. The summed E-state index contributed by atoms with van der Waals surface area (Å²) in [4.78, 5) is 16.9. The Labute approximate surface area is 110 Å². The van der Waals surface area contributed by atoms with Crippen LogP contribution in [-0.2, 0) is 0 Å². The molecule has 0 radical (unpaired) electrons. The van der Waals surface area contributed by atoms with E-state index in [1.807, 2.05) is 0 Å². The van der Waals surface area contributed by atoms with Crippen LogP contribution in [0.1, 0.15) is 32.6 Å². The summed E-state index contributed by atoms with van der Waals surface area (Å²) in [6.45, 7) is 7.32. The second-order valence-electron chi connectivity index (χ2n) is 6.16. The van der Waals surface area contributed by atoms with E-state index < -0.39 is 0 Å². The molecule has 3 aliphatic heterocycles. The largest absolute Gasteiger partial charge is 0.325 e. The van der Waals surface area contributed by atoms with Gasteiger partial charge in [0.1, 0.15) is 0 Å². The molecule has 0 aromatic rings. The Morgan fingerprint density at radius 2 is 1.83 bits per heavy atom. The minimum Gasteiger partial charge on any atom is -0.325 e. The molecule has 0 aromatic heterocycles. The highest BCUT2D eigenvalue weighted by Crippen LogP contribution is 2.33. The zero-order chi connectivity index (χ0) is 12.5. The fraction of sp³-hybridized carbons (Fsp3) is 0.929. The number of nitrogens with one attached hydrogen (secondary N) is 1. The molecule has 4 nitrogen and oxygen atoms in total. The van der Waals surface area contributed by atoms with E-state index >= 15 is 0 Å². The van der Waals surface area contributed by atoms with Gasteiger partial charge >= 0.3 is 6.03 Å². The summed E-state index contributed by atoms with van der Waals surface area (Å²) in [7, 11) is 0. The van der Waals surface area contributed by atoms with Crippen molar-refractivity contribution in [1.82, 2.24) is 15.1 Å². The number of amides is 2. The fourth-order valence-corrected chi connectivity index (χ4v) is 3.86. The third-order valence-electron chi connectivity index (χ3n) is 5.06. The number of rotatable bonds is 0. The number of carbonyl (C=O) groups excluding carboxylic acids is 1. The van der Waals surface area contributed by atoms with Crippen LogP contribution < -0.4 is 5.32 Å². The molecular weight excluding hydrogens is 226 g/mol. The standard InChI is InChI=1S/C14H25N3O/c1-11-13-9-15-8-12(13)10-17(11)14(18)16-6-4-2-3-5-7-16/h11-13,15H,2-10H2,1H3. The van der Waals surface area contributed by atoms with Crippen LogP contribution in [0.4, 0.5) is 4.79 Å². The molecule has 0 spiro atoms. The summed E-state index contributed by atoms with van der Waals surface area (Å²) in [6, 6.07) is 0.722. The van der Waals surface area contributed by atoms with Gasteiger partial charge in [-0.2, -0.15) is 0 Å². The minimum absolute atomic E-state index is 0.304. The van der Waals surface area contributed by atoms with Crippen LogP contribution in [0.25, 0.3) is 0 Å². The van der Waals surface area contributed by atoms with Crippen molar-refractivity contribution in [1.29, 1.82) is 0 Å². The van der Waals surface area contributed by atoms with Gasteiger partial charge in [0.05, 0.1) is 0 Å². The maximum Gasteiger partial charge on any atom is 0.320 e. The Morgan fingerprint density at radius 1 is 1.11 bits per heavy atom. The first kappa shape index (κ1) is 12.3. The second kappa shape index (κ2) is 5.08. The normalized spacial score (nSPS) is 36.6. The first-order chi connectivity index (χ1) is 8.77. The van der Waals surface area contributed by atoms with Crippen LogP contribution in [0.3, 0.4) is 0 Å². The van der Waals surface area contributed by atoms with Gasteiger partial charge in [0.15, 0.2) is 0 Å². The molecule has 3 unspecified atom stereocenters. The number of urea groups is 1. The van der Waals surface area contributed by atoms with Gasteiger partial charge in [-0.05, 0) is 31.6 Å². The van der Waals surface area contributed by atoms with Gasteiger partial charge in [-0.1, -0.05) is 12.8 Å². The summed E-state index contributed by atoms with van der Waals surface area (Å²) in [6.07, 6.45) is 4.94.